The molecule has 59 heavy (non-hydrogen) atoms. The highest BCUT2D eigenvalue weighted by Gasteiger charge is 2.43. The third-order valence-electron chi connectivity index (χ3n) is 12.3. The predicted molar refractivity (Wildman–Crippen MR) is 242 cm³/mol. The Morgan fingerprint density at radius 3 is 1.71 bits per heavy atom. The molecule has 276 valence electrons. The number of benzene rings is 8. The molecule has 2 aliphatic heterocycles. The number of aromatic nitrogens is 5. The zero-order chi connectivity index (χ0) is 38.6. The molecule has 2 aliphatic rings. The Balaban J connectivity index is 0.937. The van der Waals surface area contributed by atoms with Crippen molar-refractivity contribution in [3.63, 3.8) is 0 Å². The Morgan fingerprint density at radius 2 is 0.949 bits per heavy atom. The normalized spacial score (nSPS) is 15.4. The monoisotopic (exact) mass is 771 g/mol. The zero-order valence-electron chi connectivity index (χ0n) is 31.7. The number of nitrogens with zero attached hydrogens (tertiary/aromatic N) is 5. The molecule has 5 nitrogen and oxygen atoms in total. The van der Waals surface area contributed by atoms with Gasteiger partial charge in [-0.2, -0.15) is 0 Å². The van der Waals surface area contributed by atoms with Crippen LogP contribution in [0, 0.1) is 0 Å². The minimum absolute atomic E-state index is 0.322. The standard InChI is InChI=1S/C53H33N5S/c1-3-13-32(14-4-1)51-54-52(33-15-5-2-6-16-33)56-53(55-51)36-17-11-18-37(29-36)57-44-23-9-7-19-38(44)42-30-34(25-27-45(42)57)35-26-28-46-43(31-35)39-21-12-22-41-48(39)58(46)49-40-20-8-10-24-47(40)59-50(41)49/h1-31,49-50H. The van der Waals surface area contributed by atoms with Crippen LogP contribution in [0.25, 0.3) is 94.6 Å². The third-order valence-corrected chi connectivity index (χ3v) is 13.7. The topological polar surface area (TPSA) is 48.5 Å². The number of para-hydroxylation sites is 2. The van der Waals surface area contributed by atoms with E-state index in [1.54, 1.807) is 0 Å². The maximum atomic E-state index is 5.03. The van der Waals surface area contributed by atoms with Crippen molar-refractivity contribution in [1.29, 1.82) is 0 Å². The maximum Gasteiger partial charge on any atom is 0.164 e. The van der Waals surface area contributed by atoms with Crippen LogP contribution < -0.4 is 0 Å². The van der Waals surface area contributed by atoms with Crippen molar-refractivity contribution in [3.05, 3.63) is 199 Å². The van der Waals surface area contributed by atoms with Crippen molar-refractivity contribution in [2.24, 2.45) is 0 Å². The first-order valence-electron chi connectivity index (χ1n) is 20.1. The summed E-state index contributed by atoms with van der Waals surface area (Å²) in [7, 11) is 0. The van der Waals surface area contributed by atoms with Gasteiger partial charge in [0.25, 0.3) is 0 Å². The summed E-state index contributed by atoms with van der Waals surface area (Å²) < 4.78 is 4.99. The highest BCUT2D eigenvalue weighted by atomic mass is 32.2. The molecule has 0 bridgehead atoms. The number of thioether (sulfide) groups is 1. The summed E-state index contributed by atoms with van der Waals surface area (Å²) in [4.78, 5) is 16.4. The molecule has 3 aromatic heterocycles. The van der Waals surface area contributed by atoms with Crippen LogP contribution in [0.3, 0.4) is 0 Å². The molecule has 2 unspecified atom stereocenters. The van der Waals surface area contributed by atoms with Gasteiger partial charge in [-0.15, -0.1) is 11.8 Å². The molecule has 0 fully saturated rings. The van der Waals surface area contributed by atoms with E-state index in [1.807, 2.05) is 72.4 Å². The molecule has 0 saturated heterocycles. The molecule has 0 amide bonds. The highest BCUT2D eigenvalue weighted by molar-refractivity contribution is 8.00. The second kappa shape index (κ2) is 12.6. The zero-order valence-corrected chi connectivity index (χ0v) is 32.5. The number of hydrogen-bond donors (Lipinski definition) is 0. The molecule has 6 heteroatoms. The van der Waals surface area contributed by atoms with Gasteiger partial charge in [0.15, 0.2) is 17.5 Å². The molecule has 0 spiro atoms. The van der Waals surface area contributed by atoms with E-state index in [9.17, 15) is 0 Å². The van der Waals surface area contributed by atoms with Gasteiger partial charge in [-0.25, -0.2) is 15.0 Å². The summed E-state index contributed by atoms with van der Waals surface area (Å²) >= 11 is 2.02. The van der Waals surface area contributed by atoms with Crippen molar-refractivity contribution in [2.45, 2.75) is 16.2 Å². The smallest absolute Gasteiger partial charge is 0.164 e. The fourth-order valence-electron chi connectivity index (χ4n) is 9.68. The van der Waals surface area contributed by atoms with E-state index in [4.69, 9.17) is 15.0 Å². The van der Waals surface area contributed by atoms with Crippen molar-refractivity contribution in [3.8, 4) is 51.0 Å². The third kappa shape index (κ3) is 4.90. The lowest BCUT2D eigenvalue weighted by Crippen LogP contribution is -2.06. The van der Waals surface area contributed by atoms with Gasteiger partial charge in [0, 0.05) is 54.3 Å². The number of hydrogen-bond acceptors (Lipinski definition) is 4. The van der Waals surface area contributed by atoms with E-state index >= 15 is 0 Å². The molecule has 8 aromatic carbocycles. The Bertz CT molecular complexity index is 3440. The van der Waals surface area contributed by atoms with E-state index in [-0.39, 0.29) is 0 Å². The molecule has 11 aromatic rings. The van der Waals surface area contributed by atoms with Gasteiger partial charge >= 0.3 is 0 Å². The van der Waals surface area contributed by atoms with Gasteiger partial charge in [-0.3, -0.25) is 0 Å². The van der Waals surface area contributed by atoms with E-state index in [1.165, 1.54) is 59.7 Å². The summed E-state index contributed by atoms with van der Waals surface area (Å²) in [5.41, 5.74) is 14.2. The van der Waals surface area contributed by atoms with Crippen LogP contribution in [0.2, 0.25) is 0 Å². The molecule has 0 saturated carbocycles. The average Bonchev–Trinajstić information content (AvgIpc) is 4.04. The number of fused-ring (bicyclic) bond motifs is 11. The molecule has 5 heterocycles. The largest absolute Gasteiger partial charge is 0.331 e. The number of rotatable bonds is 5. The Labute approximate surface area is 344 Å². The molecule has 2 atom stereocenters. The van der Waals surface area contributed by atoms with Crippen LogP contribution in [0.4, 0.5) is 0 Å². The lowest BCUT2D eigenvalue weighted by atomic mass is 9.98. The molecular formula is C53H33N5S. The lowest BCUT2D eigenvalue weighted by Gasteiger charge is -2.16. The summed E-state index contributed by atoms with van der Waals surface area (Å²) in [5.74, 6) is 1.94. The van der Waals surface area contributed by atoms with E-state index in [0.29, 0.717) is 28.8 Å². The van der Waals surface area contributed by atoms with Crippen LogP contribution in [0.1, 0.15) is 22.4 Å². The fourth-order valence-corrected chi connectivity index (χ4v) is 11.2. The molecular weight excluding hydrogens is 739 g/mol. The van der Waals surface area contributed by atoms with E-state index in [0.717, 1.165) is 33.4 Å². The van der Waals surface area contributed by atoms with Crippen molar-refractivity contribution >= 4 is 55.4 Å². The van der Waals surface area contributed by atoms with Crippen molar-refractivity contribution in [2.75, 3.05) is 0 Å². The van der Waals surface area contributed by atoms with Gasteiger partial charge in [0.2, 0.25) is 0 Å². The molecule has 13 rings (SSSR count). The maximum absolute atomic E-state index is 5.03. The summed E-state index contributed by atoms with van der Waals surface area (Å²) in [6, 6.07) is 67.8. The highest BCUT2D eigenvalue weighted by Crippen LogP contribution is 2.61. The summed E-state index contributed by atoms with van der Waals surface area (Å²) in [6.45, 7) is 0. The van der Waals surface area contributed by atoms with Gasteiger partial charge in [0.1, 0.15) is 0 Å². The second-order valence-electron chi connectivity index (χ2n) is 15.5. The fraction of sp³-hybridized carbons (Fsp3) is 0.0377. The van der Waals surface area contributed by atoms with Crippen LogP contribution in [-0.2, 0) is 0 Å². The van der Waals surface area contributed by atoms with Crippen LogP contribution in [0.15, 0.2) is 193 Å². The molecule has 0 N–H and O–H groups in total. The van der Waals surface area contributed by atoms with E-state index in [2.05, 4.69) is 137 Å². The Hall–Kier alpha value is -7.28. The van der Waals surface area contributed by atoms with Crippen LogP contribution in [0.5, 0.6) is 0 Å². The Kier molecular flexibility index (Phi) is 7.00. The SMILES string of the molecule is c1ccc(-c2nc(-c3ccccc3)nc(-c3cccc(-n4c5ccccc5c5cc(-c6ccc7c(c6)c6cccc8c6n7C6c7ccccc7SC86)ccc54)c3)n2)cc1. The summed E-state index contributed by atoms with van der Waals surface area (Å²) in [5, 5.41) is 5.51. The minimum Gasteiger partial charge on any atom is -0.331 e. The van der Waals surface area contributed by atoms with Crippen molar-refractivity contribution < 1.29 is 0 Å². The van der Waals surface area contributed by atoms with E-state index < -0.39 is 0 Å². The van der Waals surface area contributed by atoms with Gasteiger partial charge in [0.05, 0.1) is 27.8 Å². The van der Waals surface area contributed by atoms with Crippen molar-refractivity contribution in [1.82, 2.24) is 24.1 Å². The lowest BCUT2D eigenvalue weighted by molar-refractivity contribution is 0.651. The minimum atomic E-state index is 0.322. The van der Waals surface area contributed by atoms with Crippen LogP contribution in [-0.4, -0.2) is 24.1 Å². The Morgan fingerprint density at radius 1 is 0.390 bits per heavy atom. The first-order valence-corrected chi connectivity index (χ1v) is 21.0. The van der Waals surface area contributed by atoms with Gasteiger partial charge < -0.3 is 9.13 Å². The summed E-state index contributed by atoms with van der Waals surface area (Å²) in [6.07, 6.45) is 0. The first kappa shape index (κ1) is 32.8. The molecule has 0 radical (unpaired) electrons. The van der Waals surface area contributed by atoms with Gasteiger partial charge in [-0.1, -0.05) is 140 Å². The average molecular weight is 772 g/mol. The predicted octanol–water partition coefficient (Wildman–Crippen LogP) is 13.5. The second-order valence-corrected chi connectivity index (χ2v) is 16.7. The molecule has 0 aliphatic carbocycles. The van der Waals surface area contributed by atoms with Crippen LogP contribution >= 0.6 is 11.8 Å². The first-order chi connectivity index (χ1) is 29.2. The quantitative estimate of drug-likeness (QED) is 0.175. The van der Waals surface area contributed by atoms with Gasteiger partial charge in [-0.05, 0) is 70.8 Å².